The quantitative estimate of drug-likeness (QED) is 0.677. The maximum Gasteiger partial charge on any atom is 0.410 e. The van der Waals surface area contributed by atoms with Crippen molar-refractivity contribution in [3.63, 3.8) is 0 Å². The second-order valence-electron chi connectivity index (χ2n) is 7.05. The largest absolute Gasteiger partial charge is 0.444 e. The van der Waals surface area contributed by atoms with Gasteiger partial charge in [0.05, 0.1) is 6.26 Å². The summed E-state index contributed by atoms with van der Waals surface area (Å²) in [5, 5.41) is 3.30. The van der Waals surface area contributed by atoms with E-state index in [-0.39, 0.29) is 12.1 Å². The van der Waals surface area contributed by atoms with Gasteiger partial charge in [0.2, 0.25) is 10.0 Å². The second-order valence-corrected chi connectivity index (χ2v) is 8.88. The first-order chi connectivity index (χ1) is 10.6. The maximum atomic E-state index is 12.3. The number of nitrogens with one attached hydrogen (secondary N) is 2. The van der Waals surface area contributed by atoms with E-state index < -0.39 is 15.6 Å². The molecule has 0 aromatic rings. The summed E-state index contributed by atoms with van der Waals surface area (Å²) in [6.07, 6.45) is 4.71. The molecule has 1 fully saturated rings. The summed E-state index contributed by atoms with van der Waals surface area (Å²) in [5.41, 5.74) is -0.482. The minimum absolute atomic E-state index is 0.140. The summed E-state index contributed by atoms with van der Waals surface area (Å²) in [5.74, 6) is 0. The fraction of sp³-hybridized carbons (Fsp3) is 0.933. The van der Waals surface area contributed by atoms with Crippen LogP contribution in [0.5, 0.6) is 0 Å². The van der Waals surface area contributed by atoms with Gasteiger partial charge in [0.1, 0.15) is 5.60 Å². The molecule has 1 unspecified atom stereocenters. The zero-order valence-corrected chi connectivity index (χ0v) is 15.5. The standard InChI is InChI=1S/C15H31N3O4S/c1-15(2,3)22-14(19)18-11-6-5-8-13(18)12-16-9-7-10-17-23(4,20)21/h13,16-17H,5-12H2,1-4H3. The van der Waals surface area contributed by atoms with Crippen LogP contribution < -0.4 is 10.0 Å². The van der Waals surface area contributed by atoms with E-state index in [0.29, 0.717) is 26.1 Å². The molecule has 0 saturated carbocycles. The Labute approximate surface area is 140 Å². The SMILES string of the molecule is CC(C)(C)OC(=O)N1CCCCC1CNCCCNS(C)(=O)=O. The minimum Gasteiger partial charge on any atom is -0.444 e. The van der Waals surface area contributed by atoms with Gasteiger partial charge in [-0.15, -0.1) is 0 Å². The van der Waals surface area contributed by atoms with Crippen molar-refractivity contribution in [2.24, 2.45) is 0 Å². The number of rotatable bonds is 7. The highest BCUT2D eigenvalue weighted by Crippen LogP contribution is 2.19. The summed E-state index contributed by atoms with van der Waals surface area (Å²) in [4.78, 5) is 14.1. The average molecular weight is 349 g/mol. The molecule has 0 spiro atoms. The molecule has 1 aliphatic heterocycles. The third-order valence-electron chi connectivity index (χ3n) is 3.53. The van der Waals surface area contributed by atoms with E-state index >= 15 is 0 Å². The molecule has 136 valence electrons. The van der Waals surface area contributed by atoms with Gasteiger partial charge in [-0.05, 0) is 53.0 Å². The van der Waals surface area contributed by atoms with Crippen LogP contribution in [0.4, 0.5) is 4.79 Å². The smallest absolute Gasteiger partial charge is 0.410 e. The van der Waals surface area contributed by atoms with Crippen LogP contribution in [0.1, 0.15) is 46.5 Å². The number of carbonyl (C=O) groups is 1. The van der Waals surface area contributed by atoms with Gasteiger partial charge >= 0.3 is 6.09 Å². The van der Waals surface area contributed by atoms with Crippen LogP contribution in [-0.2, 0) is 14.8 Å². The van der Waals surface area contributed by atoms with E-state index in [2.05, 4.69) is 10.0 Å². The molecule has 7 nitrogen and oxygen atoms in total. The van der Waals surface area contributed by atoms with Crippen molar-refractivity contribution in [1.82, 2.24) is 14.9 Å². The van der Waals surface area contributed by atoms with Crippen LogP contribution in [0.15, 0.2) is 0 Å². The fourth-order valence-corrected chi connectivity index (χ4v) is 3.03. The van der Waals surface area contributed by atoms with Crippen molar-refractivity contribution in [3.05, 3.63) is 0 Å². The van der Waals surface area contributed by atoms with Crippen LogP contribution >= 0.6 is 0 Å². The van der Waals surface area contributed by atoms with Crippen LogP contribution in [-0.4, -0.2) is 63.5 Å². The molecule has 1 heterocycles. The molecule has 1 amide bonds. The van der Waals surface area contributed by atoms with Crippen LogP contribution in [0.2, 0.25) is 0 Å². The monoisotopic (exact) mass is 349 g/mol. The van der Waals surface area contributed by atoms with Gasteiger partial charge in [-0.25, -0.2) is 17.9 Å². The third kappa shape index (κ3) is 9.12. The number of nitrogens with zero attached hydrogens (tertiary/aromatic N) is 1. The van der Waals surface area contributed by atoms with Crippen molar-refractivity contribution in [1.29, 1.82) is 0 Å². The van der Waals surface area contributed by atoms with E-state index in [1.807, 2.05) is 25.7 Å². The predicted octanol–water partition coefficient (Wildman–Crippen LogP) is 1.30. The first kappa shape index (κ1) is 20.2. The van der Waals surface area contributed by atoms with Crippen molar-refractivity contribution in [3.8, 4) is 0 Å². The molecule has 0 aliphatic carbocycles. The molecule has 1 aliphatic rings. The number of likely N-dealkylation sites (tertiary alicyclic amines) is 1. The van der Waals surface area contributed by atoms with Gasteiger partial charge < -0.3 is 15.0 Å². The molecule has 1 saturated heterocycles. The van der Waals surface area contributed by atoms with E-state index in [9.17, 15) is 13.2 Å². The van der Waals surface area contributed by atoms with Crippen molar-refractivity contribution in [2.75, 3.05) is 32.4 Å². The van der Waals surface area contributed by atoms with Crippen LogP contribution in [0.3, 0.4) is 0 Å². The number of amides is 1. The van der Waals surface area contributed by atoms with Gasteiger partial charge in [0, 0.05) is 25.7 Å². The number of hydrogen-bond donors (Lipinski definition) is 2. The Bertz CT molecular complexity index is 474. The van der Waals surface area contributed by atoms with Crippen molar-refractivity contribution in [2.45, 2.75) is 58.1 Å². The first-order valence-electron chi connectivity index (χ1n) is 8.23. The number of hydrogen-bond acceptors (Lipinski definition) is 5. The molecule has 8 heteroatoms. The number of ether oxygens (including phenoxy) is 1. The molecule has 23 heavy (non-hydrogen) atoms. The lowest BCUT2D eigenvalue weighted by Crippen LogP contribution is -2.50. The van der Waals surface area contributed by atoms with E-state index in [4.69, 9.17) is 4.74 Å². The van der Waals surface area contributed by atoms with Crippen molar-refractivity contribution < 1.29 is 17.9 Å². The van der Waals surface area contributed by atoms with Crippen molar-refractivity contribution >= 4 is 16.1 Å². The molecule has 1 atom stereocenters. The average Bonchev–Trinajstić information content (AvgIpc) is 2.40. The normalized spacial score (nSPS) is 19.7. The highest BCUT2D eigenvalue weighted by Gasteiger charge is 2.29. The summed E-state index contributed by atoms with van der Waals surface area (Å²) in [7, 11) is -3.12. The van der Waals surface area contributed by atoms with Gasteiger partial charge in [-0.3, -0.25) is 0 Å². The zero-order valence-electron chi connectivity index (χ0n) is 14.7. The molecule has 1 rings (SSSR count). The lowest BCUT2D eigenvalue weighted by atomic mass is 10.0. The number of carbonyl (C=O) groups excluding carboxylic acids is 1. The van der Waals surface area contributed by atoms with Gasteiger partial charge in [0.25, 0.3) is 0 Å². The molecule has 0 bridgehead atoms. The second kappa shape index (κ2) is 8.84. The minimum atomic E-state index is -3.12. The zero-order chi connectivity index (χ0) is 17.5. The maximum absolute atomic E-state index is 12.3. The lowest BCUT2D eigenvalue weighted by molar-refractivity contribution is 0.00997. The molecular weight excluding hydrogens is 318 g/mol. The Kier molecular flexibility index (Phi) is 7.76. The van der Waals surface area contributed by atoms with Gasteiger partial charge in [-0.1, -0.05) is 0 Å². The molecule has 2 N–H and O–H groups in total. The summed E-state index contributed by atoms with van der Waals surface area (Å²) < 4.78 is 29.8. The lowest BCUT2D eigenvalue weighted by Gasteiger charge is -2.37. The molecular formula is C15H31N3O4S. The molecule has 0 radical (unpaired) electrons. The highest BCUT2D eigenvalue weighted by atomic mass is 32.2. The summed E-state index contributed by atoms with van der Waals surface area (Å²) in [6.45, 7) is 8.19. The van der Waals surface area contributed by atoms with E-state index in [1.54, 1.807) is 0 Å². The number of sulfonamides is 1. The Morgan fingerprint density at radius 2 is 1.96 bits per heavy atom. The summed E-state index contributed by atoms with van der Waals surface area (Å²) >= 11 is 0. The fourth-order valence-electron chi connectivity index (χ4n) is 2.51. The van der Waals surface area contributed by atoms with E-state index in [1.165, 1.54) is 0 Å². The Hall–Kier alpha value is -0.860. The Balaban J connectivity index is 2.33. The Morgan fingerprint density at radius 1 is 1.26 bits per heavy atom. The topological polar surface area (TPSA) is 87.7 Å². The van der Waals surface area contributed by atoms with Gasteiger partial charge in [0.15, 0.2) is 0 Å². The molecule has 0 aromatic heterocycles. The van der Waals surface area contributed by atoms with Crippen LogP contribution in [0.25, 0.3) is 0 Å². The van der Waals surface area contributed by atoms with Gasteiger partial charge in [-0.2, -0.15) is 0 Å². The first-order valence-corrected chi connectivity index (χ1v) is 10.1. The predicted molar refractivity (Wildman–Crippen MR) is 90.9 cm³/mol. The molecule has 0 aromatic carbocycles. The third-order valence-corrected chi connectivity index (χ3v) is 4.26. The summed E-state index contributed by atoms with van der Waals surface area (Å²) in [6, 6.07) is 0.140. The number of piperidine rings is 1. The van der Waals surface area contributed by atoms with Crippen LogP contribution in [0, 0.1) is 0 Å². The Morgan fingerprint density at radius 3 is 2.57 bits per heavy atom. The van der Waals surface area contributed by atoms with E-state index in [0.717, 1.165) is 32.1 Å². The highest BCUT2D eigenvalue weighted by molar-refractivity contribution is 7.88.